The van der Waals surface area contributed by atoms with E-state index in [9.17, 15) is 4.79 Å². The third kappa shape index (κ3) is 3.95. The lowest BCUT2D eigenvalue weighted by molar-refractivity contribution is -0.122. The maximum atomic E-state index is 11.9. The number of carbonyl (C=O) groups is 1. The highest BCUT2D eigenvalue weighted by Gasteiger charge is 2.29. The summed E-state index contributed by atoms with van der Waals surface area (Å²) in [5, 5.41) is 6.90. The molecule has 1 atom stereocenters. The van der Waals surface area contributed by atoms with Crippen LogP contribution < -0.4 is 10.6 Å². The van der Waals surface area contributed by atoms with Crippen LogP contribution in [0.4, 0.5) is 0 Å². The van der Waals surface area contributed by atoms with Crippen molar-refractivity contribution >= 4 is 17.5 Å². The summed E-state index contributed by atoms with van der Waals surface area (Å²) in [5.41, 5.74) is 1.16. The zero-order valence-electron chi connectivity index (χ0n) is 11.3. The molecular weight excluding hydrogens is 260 g/mol. The zero-order chi connectivity index (χ0) is 13.7. The van der Waals surface area contributed by atoms with E-state index in [0.717, 1.165) is 10.6 Å². The maximum Gasteiger partial charge on any atom is 0.221 e. The lowest BCUT2D eigenvalue weighted by Gasteiger charge is -2.34. The van der Waals surface area contributed by atoms with E-state index in [1.54, 1.807) is 0 Å². The number of nitrogens with one attached hydrogen (secondary N) is 2. The van der Waals surface area contributed by atoms with Gasteiger partial charge in [-0.2, -0.15) is 0 Å². The molecular formula is C15H21ClN2O. The van der Waals surface area contributed by atoms with Gasteiger partial charge in [0.05, 0.1) is 6.04 Å². The SMILES string of the molecule is CNCCC(=O)NC(c1ccc(Cl)cc1)C1CCC1. The molecule has 1 aromatic rings. The van der Waals surface area contributed by atoms with E-state index in [-0.39, 0.29) is 11.9 Å². The average molecular weight is 281 g/mol. The van der Waals surface area contributed by atoms with E-state index in [1.807, 2.05) is 31.3 Å². The standard InChI is InChI=1S/C15H21ClN2O/c1-17-10-9-14(19)18-15(11-3-2-4-11)12-5-7-13(16)8-6-12/h5-8,11,15,17H,2-4,9-10H2,1H3,(H,18,19). The average Bonchev–Trinajstić information content (AvgIpc) is 2.34. The van der Waals surface area contributed by atoms with Gasteiger partial charge < -0.3 is 10.6 Å². The first-order valence-corrected chi connectivity index (χ1v) is 7.28. The van der Waals surface area contributed by atoms with Gasteiger partial charge in [-0.15, -0.1) is 0 Å². The Bertz CT molecular complexity index is 415. The number of hydrogen-bond acceptors (Lipinski definition) is 2. The van der Waals surface area contributed by atoms with Gasteiger partial charge in [-0.25, -0.2) is 0 Å². The van der Waals surface area contributed by atoms with Crippen LogP contribution in [0.3, 0.4) is 0 Å². The third-order valence-corrected chi connectivity index (χ3v) is 4.02. The minimum atomic E-state index is 0.112. The van der Waals surface area contributed by atoms with Crippen molar-refractivity contribution in [2.45, 2.75) is 31.7 Å². The Morgan fingerprint density at radius 3 is 2.58 bits per heavy atom. The molecule has 0 saturated heterocycles. The largest absolute Gasteiger partial charge is 0.349 e. The van der Waals surface area contributed by atoms with Crippen LogP contribution in [0.5, 0.6) is 0 Å². The van der Waals surface area contributed by atoms with Crippen molar-refractivity contribution in [3.05, 3.63) is 34.9 Å². The minimum Gasteiger partial charge on any atom is -0.349 e. The molecule has 1 aromatic carbocycles. The van der Waals surface area contributed by atoms with E-state index in [1.165, 1.54) is 19.3 Å². The number of amides is 1. The number of rotatable bonds is 6. The molecule has 0 aromatic heterocycles. The van der Waals surface area contributed by atoms with Crippen LogP contribution in [0.25, 0.3) is 0 Å². The van der Waals surface area contributed by atoms with Crippen LogP contribution in [-0.2, 0) is 4.79 Å². The monoisotopic (exact) mass is 280 g/mol. The molecule has 0 heterocycles. The highest BCUT2D eigenvalue weighted by atomic mass is 35.5. The molecule has 1 fully saturated rings. The van der Waals surface area contributed by atoms with E-state index in [4.69, 9.17) is 11.6 Å². The van der Waals surface area contributed by atoms with Gasteiger partial charge in [-0.05, 0) is 43.5 Å². The Hall–Kier alpha value is -1.06. The molecule has 2 N–H and O–H groups in total. The predicted octanol–water partition coefficient (Wildman–Crippen LogP) is 2.91. The van der Waals surface area contributed by atoms with E-state index in [0.29, 0.717) is 18.9 Å². The fourth-order valence-corrected chi connectivity index (χ4v) is 2.53. The van der Waals surface area contributed by atoms with E-state index in [2.05, 4.69) is 10.6 Å². The maximum absolute atomic E-state index is 11.9. The summed E-state index contributed by atoms with van der Waals surface area (Å²) in [6.45, 7) is 0.712. The number of halogens is 1. The van der Waals surface area contributed by atoms with Gasteiger partial charge >= 0.3 is 0 Å². The normalized spacial score (nSPS) is 16.7. The second-order valence-electron chi connectivity index (χ2n) is 5.14. The van der Waals surface area contributed by atoms with Crippen LogP contribution >= 0.6 is 11.6 Å². The highest BCUT2D eigenvalue weighted by Crippen LogP contribution is 2.37. The lowest BCUT2D eigenvalue weighted by atomic mass is 9.77. The molecule has 19 heavy (non-hydrogen) atoms. The molecule has 2 rings (SSSR count). The Kier molecular flexibility index (Phi) is 5.23. The van der Waals surface area contributed by atoms with Crippen molar-refractivity contribution in [2.24, 2.45) is 5.92 Å². The van der Waals surface area contributed by atoms with Gasteiger partial charge in [0.2, 0.25) is 5.91 Å². The highest BCUT2D eigenvalue weighted by molar-refractivity contribution is 6.30. The third-order valence-electron chi connectivity index (χ3n) is 3.77. The summed E-state index contributed by atoms with van der Waals surface area (Å²) in [4.78, 5) is 11.9. The summed E-state index contributed by atoms with van der Waals surface area (Å²) in [6.07, 6.45) is 4.17. The van der Waals surface area contributed by atoms with Crippen LogP contribution in [0.2, 0.25) is 5.02 Å². The lowest BCUT2D eigenvalue weighted by Crippen LogP contribution is -2.37. The second kappa shape index (κ2) is 6.92. The molecule has 104 valence electrons. The summed E-state index contributed by atoms with van der Waals surface area (Å²) in [5.74, 6) is 0.681. The summed E-state index contributed by atoms with van der Waals surface area (Å²) in [7, 11) is 1.86. The van der Waals surface area contributed by atoms with E-state index >= 15 is 0 Å². The van der Waals surface area contributed by atoms with Crippen LogP contribution in [-0.4, -0.2) is 19.5 Å². The minimum absolute atomic E-state index is 0.112. The van der Waals surface area contributed by atoms with Gasteiger partial charge in [0.25, 0.3) is 0 Å². The zero-order valence-corrected chi connectivity index (χ0v) is 12.0. The summed E-state index contributed by atoms with van der Waals surface area (Å²) < 4.78 is 0. The second-order valence-corrected chi connectivity index (χ2v) is 5.58. The number of hydrogen-bond donors (Lipinski definition) is 2. The van der Waals surface area contributed by atoms with Crippen molar-refractivity contribution < 1.29 is 4.79 Å². The van der Waals surface area contributed by atoms with Gasteiger partial charge in [-0.1, -0.05) is 30.2 Å². The first-order chi connectivity index (χ1) is 9.20. The van der Waals surface area contributed by atoms with Gasteiger partial charge in [-0.3, -0.25) is 4.79 Å². The topological polar surface area (TPSA) is 41.1 Å². The van der Waals surface area contributed by atoms with Crippen molar-refractivity contribution in [3.63, 3.8) is 0 Å². The Morgan fingerprint density at radius 1 is 1.37 bits per heavy atom. The molecule has 0 aliphatic heterocycles. The Balaban J connectivity index is 2.03. The Labute approximate surface area is 119 Å². The molecule has 0 radical (unpaired) electrons. The summed E-state index contributed by atoms with van der Waals surface area (Å²) in [6, 6.07) is 7.95. The molecule has 1 saturated carbocycles. The van der Waals surface area contributed by atoms with Gasteiger partial charge in [0, 0.05) is 18.0 Å². The smallest absolute Gasteiger partial charge is 0.221 e. The first-order valence-electron chi connectivity index (χ1n) is 6.90. The molecule has 0 spiro atoms. The molecule has 4 heteroatoms. The summed E-state index contributed by atoms with van der Waals surface area (Å²) >= 11 is 5.92. The molecule has 1 unspecified atom stereocenters. The van der Waals surface area contributed by atoms with Crippen molar-refractivity contribution in [1.82, 2.24) is 10.6 Å². The molecule has 3 nitrogen and oxygen atoms in total. The predicted molar refractivity (Wildman–Crippen MR) is 78.2 cm³/mol. The molecule has 1 amide bonds. The van der Waals surface area contributed by atoms with Crippen LogP contribution in [0.1, 0.15) is 37.3 Å². The fourth-order valence-electron chi connectivity index (χ4n) is 2.40. The van der Waals surface area contributed by atoms with Crippen molar-refractivity contribution in [3.8, 4) is 0 Å². The molecule has 1 aliphatic carbocycles. The van der Waals surface area contributed by atoms with Crippen LogP contribution in [0, 0.1) is 5.92 Å². The Morgan fingerprint density at radius 2 is 2.05 bits per heavy atom. The quantitative estimate of drug-likeness (QED) is 0.841. The van der Waals surface area contributed by atoms with Crippen molar-refractivity contribution in [2.75, 3.05) is 13.6 Å². The van der Waals surface area contributed by atoms with Crippen molar-refractivity contribution in [1.29, 1.82) is 0 Å². The van der Waals surface area contributed by atoms with Crippen LogP contribution in [0.15, 0.2) is 24.3 Å². The number of benzene rings is 1. The van der Waals surface area contributed by atoms with Gasteiger partial charge in [0.15, 0.2) is 0 Å². The first kappa shape index (κ1) is 14.4. The molecule has 1 aliphatic rings. The fraction of sp³-hybridized carbons (Fsp3) is 0.533. The number of carbonyl (C=O) groups excluding carboxylic acids is 1. The van der Waals surface area contributed by atoms with Gasteiger partial charge in [0.1, 0.15) is 0 Å². The van der Waals surface area contributed by atoms with E-state index < -0.39 is 0 Å². The molecule has 0 bridgehead atoms.